The molecule has 0 aliphatic carbocycles. The number of nitrogens with one attached hydrogen (secondary N) is 4. The highest BCUT2D eigenvalue weighted by Gasteiger charge is 2.17. The van der Waals surface area contributed by atoms with Crippen LogP contribution < -0.4 is 20.7 Å². The maximum absolute atomic E-state index is 12.5. The summed E-state index contributed by atoms with van der Waals surface area (Å²) in [7, 11) is 0. The van der Waals surface area contributed by atoms with E-state index in [0.29, 0.717) is 17.0 Å². The predicted molar refractivity (Wildman–Crippen MR) is 112 cm³/mol. The molecule has 1 aromatic heterocycles. The number of benzene rings is 2. The van der Waals surface area contributed by atoms with Gasteiger partial charge in [-0.05, 0) is 30.3 Å². The maximum Gasteiger partial charge on any atom is 0.274 e. The van der Waals surface area contributed by atoms with Crippen molar-refractivity contribution in [3.63, 3.8) is 0 Å². The highest BCUT2D eigenvalue weighted by atomic mass is 16.5. The lowest BCUT2D eigenvalue weighted by Crippen LogP contribution is -2.29. The Morgan fingerprint density at radius 3 is 2.57 bits per heavy atom. The van der Waals surface area contributed by atoms with Crippen molar-refractivity contribution in [1.29, 1.82) is 0 Å². The lowest BCUT2D eigenvalue weighted by atomic mass is 10.2. The van der Waals surface area contributed by atoms with Gasteiger partial charge < -0.3 is 20.7 Å². The van der Waals surface area contributed by atoms with Gasteiger partial charge in [-0.15, -0.1) is 0 Å². The molecule has 1 heterocycles. The highest BCUT2D eigenvalue weighted by molar-refractivity contribution is 6.08. The molecule has 0 aliphatic rings. The number of aromatic amines is 1. The molecule has 0 fully saturated rings. The third-order valence-corrected chi connectivity index (χ3v) is 3.95. The number of carbonyl (C=O) groups excluding carboxylic acids is 3. The minimum absolute atomic E-state index is 0.0566. The number of aromatic nitrogens is 2. The van der Waals surface area contributed by atoms with E-state index in [9.17, 15) is 14.4 Å². The summed E-state index contributed by atoms with van der Waals surface area (Å²) in [5.74, 6) is -0.418. The fraction of sp³-hybridized carbons (Fsp3) is 0.143. The first kappa shape index (κ1) is 20.6. The lowest BCUT2D eigenvalue weighted by molar-refractivity contribution is -0.114. The summed E-state index contributed by atoms with van der Waals surface area (Å²) in [6, 6.07) is 15.7. The van der Waals surface area contributed by atoms with Gasteiger partial charge in [-0.2, -0.15) is 5.10 Å². The van der Waals surface area contributed by atoms with Crippen molar-refractivity contribution < 1.29 is 19.1 Å². The van der Waals surface area contributed by atoms with Crippen LogP contribution in [0.25, 0.3) is 0 Å². The van der Waals surface area contributed by atoms with Crippen LogP contribution in [-0.4, -0.2) is 41.1 Å². The van der Waals surface area contributed by atoms with Crippen LogP contribution in [-0.2, 0) is 4.79 Å². The van der Waals surface area contributed by atoms with Gasteiger partial charge in [0.2, 0.25) is 5.91 Å². The molecule has 0 saturated carbocycles. The zero-order valence-electron chi connectivity index (χ0n) is 16.3. The molecule has 0 saturated heterocycles. The van der Waals surface area contributed by atoms with Gasteiger partial charge in [-0.3, -0.25) is 19.5 Å². The maximum atomic E-state index is 12.5. The van der Waals surface area contributed by atoms with Crippen molar-refractivity contribution in [1.82, 2.24) is 15.5 Å². The number of H-pyrrole nitrogens is 1. The number of ether oxygens (including phenoxy) is 1. The summed E-state index contributed by atoms with van der Waals surface area (Å²) < 4.78 is 5.52. The lowest BCUT2D eigenvalue weighted by Gasteiger charge is -2.09. The van der Waals surface area contributed by atoms with Gasteiger partial charge in [0.15, 0.2) is 5.69 Å². The fourth-order valence-corrected chi connectivity index (χ4v) is 2.63. The van der Waals surface area contributed by atoms with Crippen LogP contribution in [0.1, 0.15) is 27.8 Å². The van der Waals surface area contributed by atoms with Crippen LogP contribution in [0.3, 0.4) is 0 Å². The third-order valence-electron chi connectivity index (χ3n) is 3.95. The topological polar surface area (TPSA) is 125 Å². The van der Waals surface area contributed by atoms with Crippen molar-refractivity contribution in [3.05, 3.63) is 72.1 Å². The van der Waals surface area contributed by atoms with Crippen molar-refractivity contribution >= 4 is 29.1 Å². The molecule has 3 amide bonds. The summed E-state index contributed by atoms with van der Waals surface area (Å²) in [6.07, 6.45) is 1.42. The molecule has 30 heavy (non-hydrogen) atoms. The van der Waals surface area contributed by atoms with E-state index in [1.54, 1.807) is 18.2 Å². The summed E-state index contributed by atoms with van der Waals surface area (Å²) >= 11 is 0. The van der Waals surface area contributed by atoms with E-state index < -0.39 is 11.8 Å². The van der Waals surface area contributed by atoms with Crippen LogP contribution in [0.4, 0.5) is 11.4 Å². The molecule has 0 spiro atoms. The molecular weight excluding hydrogens is 386 g/mol. The van der Waals surface area contributed by atoms with Crippen LogP contribution in [0, 0.1) is 0 Å². The van der Waals surface area contributed by atoms with Gasteiger partial charge in [0.05, 0.1) is 12.2 Å². The highest BCUT2D eigenvalue weighted by Crippen LogP contribution is 2.16. The molecule has 154 valence electrons. The summed E-state index contributed by atoms with van der Waals surface area (Å²) in [5.41, 5.74) is 1.12. The van der Waals surface area contributed by atoms with E-state index in [2.05, 4.69) is 26.1 Å². The molecule has 0 atom stereocenters. The third kappa shape index (κ3) is 5.68. The van der Waals surface area contributed by atoms with Crippen molar-refractivity contribution in [2.45, 2.75) is 6.92 Å². The summed E-state index contributed by atoms with van der Waals surface area (Å²) in [5, 5.41) is 14.4. The number of rotatable bonds is 8. The Bertz CT molecular complexity index is 1030. The Hall–Kier alpha value is -4.14. The predicted octanol–water partition coefficient (Wildman–Crippen LogP) is 2.43. The smallest absolute Gasteiger partial charge is 0.274 e. The van der Waals surface area contributed by atoms with Gasteiger partial charge in [-0.1, -0.05) is 24.3 Å². The first-order chi connectivity index (χ1) is 14.5. The number of amides is 3. The average molecular weight is 407 g/mol. The van der Waals surface area contributed by atoms with Crippen LogP contribution in [0.2, 0.25) is 0 Å². The molecule has 0 unspecified atom stereocenters. The first-order valence-electron chi connectivity index (χ1n) is 9.22. The SMILES string of the molecule is CC(=O)Nc1cccc(C(=O)Nc2c[nH]nc2C(=O)NCCOc2ccccc2)c1. The molecule has 0 aliphatic heterocycles. The van der Waals surface area contributed by atoms with E-state index in [4.69, 9.17) is 4.74 Å². The van der Waals surface area contributed by atoms with Crippen LogP contribution in [0.5, 0.6) is 5.75 Å². The zero-order chi connectivity index (χ0) is 21.3. The summed E-state index contributed by atoms with van der Waals surface area (Å²) in [6.45, 7) is 1.94. The molecule has 3 rings (SSSR count). The minimum atomic E-state index is -0.449. The van der Waals surface area contributed by atoms with Crippen LogP contribution in [0.15, 0.2) is 60.8 Å². The number of carbonyl (C=O) groups is 3. The largest absolute Gasteiger partial charge is 0.492 e. The molecule has 3 aromatic rings. The number of hydrogen-bond donors (Lipinski definition) is 4. The van der Waals surface area contributed by atoms with Gasteiger partial charge in [0, 0.05) is 24.4 Å². The second kappa shape index (κ2) is 9.87. The first-order valence-corrected chi connectivity index (χ1v) is 9.22. The van der Waals surface area contributed by atoms with Gasteiger partial charge in [0.25, 0.3) is 11.8 Å². The Morgan fingerprint density at radius 2 is 1.80 bits per heavy atom. The summed E-state index contributed by atoms with van der Waals surface area (Å²) in [4.78, 5) is 36.1. The normalized spacial score (nSPS) is 10.2. The zero-order valence-corrected chi connectivity index (χ0v) is 16.3. The molecule has 9 heteroatoms. The Balaban J connectivity index is 1.56. The van der Waals surface area contributed by atoms with Crippen molar-refractivity contribution in [3.8, 4) is 5.75 Å². The molecule has 9 nitrogen and oxygen atoms in total. The van der Waals surface area contributed by atoms with E-state index in [-0.39, 0.29) is 30.4 Å². The van der Waals surface area contributed by atoms with Crippen molar-refractivity contribution in [2.24, 2.45) is 0 Å². The van der Waals surface area contributed by atoms with E-state index >= 15 is 0 Å². The Kier molecular flexibility index (Phi) is 6.78. The fourth-order valence-electron chi connectivity index (χ4n) is 2.63. The monoisotopic (exact) mass is 407 g/mol. The Morgan fingerprint density at radius 1 is 1.00 bits per heavy atom. The minimum Gasteiger partial charge on any atom is -0.492 e. The number of anilines is 2. The standard InChI is InChI=1S/C21H21N5O4/c1-14(27)24-16-7-5-6-15(12-16)20(28)25-18-13-23-26-19(18)21(29)22-10-11-30-17-8-3-2-4-9-17/h2-9,12-13H,10-11H2,1H3,(H,22,29)(H,23,26)(H,24,27)(H,25,28). The van der Waals surface area contributed by atoms with E-state index in [1.807, 2.05) is 30.3 Å². The second-order valence-corrected chi connectivity index (χ2v) is 6.28. The van der Waals surface area contributed by atoms with E-state index in [0.717, 1.165) is 0 Å². The molecule has 4 N–H and O–H groups in total. The molecule has 0 radical (unpaired) electrons. The average Bonchev–Trinajstić information content (AvgIpc) is 3.20. The van der Waals surface area contributed by atoms with Crippen molar-refractivity contribution in [2.75, 3.05) is 23.8 Å². The van der Waals surface area contributed by atoms with Gasteiger partial charge in [0.1, 0.15) is 12.4 Å². The molecule has 0 bridgehead atoms. The van der Waals surface area contributed by atoms with Gasteiger partial charge >= 0.3 is 0 Å². The Labute approximate surface area is 172 Å². The van der Waals surface area contributed by atoms with Crippen LogP contribution >= 0.6 is 0 Å². The quantitative estimate of drug-likeness (QED) is 0.427. The number of para-hydroxylation sites is 1. The molecular formula is C21H21N5O4. The number of hydrogen-bond acceptors (Lipinski definition) is 5. The number of nitrogens with zero attached hydrogens (tertiary/aromatic N) is 1. The molecule has 2 aromatic carbocycles. The van der Waals surface area contributed by atoms with E-state index in [1.165, 1.54) is 19.2 Å². The second-order valence-electron chi connectivity index (χ2n) is 6.28. The van der Waals surface area contributed by atoms with Gasteiger partial charge in [-0.25, -0.2) is 0 Å².